The van der Waals surface area contributed by atoms with E-state index in [0.29, 0.717) is 16.7 Å². The molecule has 19 nitrogen and oxygen atoms in total. The molecular weight excluding hydrogens is 766 g/mol. The molecule has 19 heteroatoms. The Morgan fingerprint density at radius 1 is 0.593 bits per heavy atom. The van der Waals surface area contributed by atoms with Gasteiger partial charge in [-0.15, -0.1) is 0 Å². The SMILES string of the molecule is NC(N)=NCCC[C@H](NC(=O)[C@@H](N)CCC(=O)O)C(=O)NCC(=O)N[C@@H](Cc1ccccc1)C(=O)N[C@@H](Cc1ccccc1)C(=O)N[C@@H](Cc1ccc(O)cc1)C(=O)O. The molecule has 14 N–H and O–H groups in total. The molecule has 0 saturated carbocycles. The molecule has 0 aliphatic heterocycles. The first-order valence-electron chi connectivity index (χ1n) is 18.7. The van der Waals surface area contributed by atoms with Gasteiger partial charge in [-0.05, 0) is 48.1 Å². The van der Waals surface area contributed by atoms with Crippen LogP contribution in [0.4, 0.5) is 0 Å². The normalized spacial score (nSPS) is 13.2. The van der Waals surface area contributed by atoms with E-state index in [2.05, 4.69) is 31.6 Å². The lowest BCUT2D eigenvalue weighted by Crippen LogP contribution is -2.58. The van der Waals surface area contributed by atoms with Gasteiger partial charge in [0.15, 0.2) is 5.96 Å². The third kappa shape index (κ3) is 17.3. The first-order valence-corrected chi connectivity index (χ1v) is 18.7. The standard InChI is InChI=1S/C40H51N9O10/c41-28(17-18-34(52)53)35(54)47-29(12-7-19-44-40(42)43)36(55)45-23-33(51)46-30(20-24-8-3-1-4-9-24)37(56)48-31(21-25-10-5-2-6-11-25)38(57)49-32(39(58)59)22-26-13-15-27(50)16-14-26/h1-6,8-11,13-16,28-32,50H,7,12,17-23,41H2,(H,45,55)(H,46,51)(H,47,54)(H,48,56)(H,49,57)(H,52,53)(H,58,59)(H4,42,43,44)/t28-,29-,30-,31-,32-/m0/s1. The number of aromatic hydroxyl groups is 1. The monoisotopic (exact) mass is 817 g/mol. The number of aliphatic carboxylic acids is 2. The molecule has 59 heavy (non-hydrogen) atoms. The fourth-order valence-corrected chi connectivity index (χ4v) is 5.73. The minimum absolute atomic E-state index is 0.0171. The van der Waals surface area contributed by atoms with E-state index in [1.807, 2.05) is 0 Å². The Balaban J connectivity index is 1.78. The Morgan fingerprint density at radius 2 is 1.08 bits per heavy atom. The second kappa shape index (κ2) is 23.9. The van der Waals surface area contributed by atoms with Crippen molar-refractivity contribution in [1.29, 1.82) is 0 Å². The summed E-state index contributed by atoms with van der Waals surface area (Å²) in [6.07, 6.45) is -0.522. The van der Waals surface area contributed by atoms with E-state index in [1.54, 1.807) is 60.7 Å². The van der Waals surface area contributed by atoms with E-state index in [9.17, 15) is 43.8 Å². The molecule has 0 heterocycles. The quantitative estimate of drug-likeness (QED) is 0.0288. The van der Waals surface area contributed by atoms with Gasteiger partial charge in [-0.2, -0.15) is 0 Å². The Bertz CT molecular complexity index is 1910. The van der Waals surface area contributed by atoms with Crippen LogP contribution in [0, 0.1) is 0 Å². The maximum atomic E-state index is 14.0. The number of carboxylic acid groups (broad SMARTS) is 2. The van der Waals surface area contributed by atoms with Crippen LogP contribution in [0.25, 0.3) is 0 Å². The number of guanidine groups is 1. The molecule has 0 aliphatic carbocycles. The number of nitrogens with zero attached hydrogens (tertiary/aromatic N) is 1. The highest BCUT2D eigenvalue weighted by Gasteiger charge is 2.31. The van der Waals surface area contributed by atoms with Crippen LogP contribution in [0.3, 0.4) is 0 Å². The predicted molar refractivity (Wildman–Crippen MR) is 215 cm³/mol. The molecule has 5 amide bonds. The highest BCUT2D eigenvalue weighted by molar-refractivity contribution is 5.95. The molecule has 3 aromatic rings. The van der Waals surface area contributed by atoms with Gasteiger partial charge in [0.2, 0.25) is 29.5 Å². The molecule has 0 aliphatic rings. The number of carbonyl (C=O) groups is 7. The van der Waals surface area contributed by atoms with Crippen LogP contribution in [0.2, 0.25) is 0 Å². The summed E-state index contributed by atoms with van der Waals surface area (Å²) >= 11 is 0. The first-order chi connectivity index (χ1) is 28.1. The summed E-state index contributed by atoms with van der Waals surface area (Å²) in [5, 5.41) is 41.2. The number of nitrogens with one attached hydrogen (secondary N) is 5. The van der Waals surface area contributed by atoms with Gasteiger partial charge in [-0.25, -0.2) is 4.79 Å². The molecule has 316 valence electrons. The van der Waals surface area contributed by atoms with Crippen molar-refractivity contribution in [3.8, 4) is 5.75 Å². The van der Waals surface area contributed by atoms with Crippen molar-refractivity contribution < 1.29 is 48.9 Å². The van der Waals surface area contributed by atoms with Gasteiger partial charge < -0.3 is 59.1 Å². The van der Waals surface area contributed by atoms with Crippen LogP contribution in [-0.2, 0) is 52.8 Å². The molecule has 5 atom stereocenters. The van der Waals surface area contributed by atoms with E-state index < -0.39 is 78.2 Å². The topological polar surface area (TPSA) is 331 Å². The summed E-state index contributed by atoms with van der Waals surface area (Å²) < 4.78 is 0. The number of carboxylic acids is 2. The average Bonchev–Trinajstić information content (AvgIpc) is 3.20. The third-order valence-electron chi connectivity index (χ3n) is 8.85. The van der Waals surface area contributed by atoms with Crippen LogP contribution >= 0.6 is 0 Å². The molecular formula is C40H51N9O10. The Labute approximate surface area is 340 Å². The molecule has 0 saturated heterocycles. The summed E-state index contributed by atoms with van der Waals surface area (Å²) in [5.41, 5.74) is 18.4. The van der Waals surface area contributed by atoms with Gasteiger partial charge in [0, 0.05) is 32.2 Å². The summed E-state index contributed by atoms with van der Waals surface area (Å²) in [4.78, 5) is 94.1. The molecule has 3 aromatic carbocycles. The van der Waals surface area contributed by atoms with Crippen molar-refractivity contribution in [3.63, 3.8) is 0 Å². The second-order valence-corrected chi connectivity index (χ2v) is 13.6. The van der Waals surface area contributed by atoms with Crippen molar-refractivity contribution in [2.24, 2.45) is 22.2 Å². The number of hydrogen-bond acceptors (Lipinski definition) is 10. The zero-order valence-corrected chi connectivity index (χ0v) is 32.2. The number of phenols is 1. The van der Waals surface area contributed by atoms with E-state index in [1.165, 1.54) is 24.3 Å². The summed E-state index contributed by atoms with van der Waals surface area (Å²) in [5.74, 6) is -6.65. The van der Waals surface area contributed by atoms with E-state index >= 15 is 0 Å². The summed E-state index contributed by atoms with van der Waals surface area (Å²) in [6.45, 7) is -0.531. The van der Waals surface area contributed by atoms with Crippen molar-refractivity contribution in [3.05, 3.63) is 102 Å². The minimum Gasteiger partial charge on any atom is -0.508 e. The van der Waals surface area contributed by atoms with Crippen LogP contribution in [0.5, 0.6) is 5.75 Å². The average molecular weight is 818 g/mol. The Morgan fingerprint density at radius 3 is 1.61 bits per heavy atom. The van der Waals surface area contributed by atoms with Crippen LogP contribution < -0.4 is 43.8 Å². The number of nitrogens with two attached hydrogens (primary N) is 3. The van der Waals surface area contributed by atoms with Crippen molar-refractivity contribution in [1.82, 2.24) is 26.6 Å². The van der Waals surface area contributed by atoms with Gasteiger partial charge in [-0.3, -0.25) is 33.8 Å². The summed E-state index contributed by atoms with van der Waals surface area (Å²) in [6, 6.07) is 16.7. The van der Waals surface area contributed by atoms with E-state index in [-0.39, 0.29) is 63.2 Å². The second-order valence-electron chi connectivity index (χ2n) is 13.6. The van der Waals surface area contributed by atoms with Crippen molar-refractivity contribution >= 4 is 47.4 Å². The number of hydrogen-bond donors (Lipinski definition) is 11. The number of benzene rings is 3. The fourth-order valence-electron chi connectivity index (χ4n) is 5.73. The highest BCUT2D eigenvalue weighted by Crippen LogP contribution is 2.13. The summed E-state index contributed by atoms with van der Waals surface area (Å²) in [7, 11) is 0. The molecule has 0 spiro atoms. The lowest BCUT2D eigenvalue weighted by atomic mass is 10.0. The molecule has 0 radical (unpaired) electrons. The van der Waals surface area contributed by atoms with Gasteiger partial charge in [0.1, 0.15) is 29.9 Å². The van der Waals surface area contributed by atoms with Crippen molar-refractivity contribution in [2.45, 2.75) is 75.2 Å². The number of aliphatic imine (C=N–C) groups is 1. The third-order valence-corrected chi connectivity index (χ3v) is 8.85. The van der Waals surface area contributed by atoms with Gasteiger partial charge in [0.05, 0.1) is 12.6 Å². The molecule has 0 fully saturated rings. The van der Waals surface area contributed by atoms with Gasteiger partial charge in [-0.1, -0.05) is 72.8 Å². The van der Waals surface area contributed by atoms with Crippen LogP contribution in [-0.4, -0.2) is 106 Å². The zero-order chi connectivity index (χ0) is 43.3. The number of amides is 5. The molecule has 0 aromatic heterocycles. The van der Waals surface area contributed by atoms with Crippen LogP contribution in [0.15, 0.2) is 89.9 Å². The zero-order valence-electron chi connectivity index (χ0n) is 32.2. The molecule has 3 rings (SSSR count). The molecule has 0 unspecified atom stereocenters. The minimum atomic E-state index is -1.40. The lowest BCUT2D eigenvalue weighted by molar-refractivity contribution is -0.142. The van der Waals surface area contributed by atoms with Crippen LogP contribution in [0.1, 0.15) is 42.4 Å². The molecule has 0 bridgehead atoms. The highest BCUT2D eigenvalue weighted by atomic mass is 16.4. The number of carbonyl (C=O) groups excluding carboxylic acids is 5. The maximum absolute atomic E-state index is 14.0. The Hall–Kier alpha value is -7.02. The number of phenolic OH excluding ortho intramolecular Hbond substituents is 1. The largest absolute Gasteiger partial charge is 0.508 e. The predicted octanol–water partition coefficient (Wildman–Crippen LogP) is -1.19. The fraction of sp³-hybridized carbons (Fsp3) is 0.350. The van der Waals surface area contributed by atoms with E-state index in [0.717, 1.165) is 0 Å². The number of rotatable bonds is 24. The van der Waals surface area contributed by atoms with Crippen molar-refractivity contribution in [2.75, 3.05) is 13.1 Å². The lowest BCUT2D eigenvalue weighted by Gasteiger charge is -2.25. The first kappa shape index (κ1) is 46.4. The Kier molecular flexibility index (Phi) is 18.8. The smallest absolute Gasteiger partial charge is 0.326 e. The van der Waals surface area contributed by atoms with E-state index in [4.69, 9.17) is 22.3 Å². The van der Waals surface area contributed by atoms with Gasteiger partial charge in [0.25, 0.3) is 0 Å². The maximum Gasteiger partial charge on any atom is 0.326 e. The van der Waals surface area contributed by atoms with Gasteiger partial charge >= 0.3 is 11.9 Å².